The molecule has 2 aliphatic rings. The number of nitrogens with zero attached hydrogens (tertiary/aromatic N) is 1. The highest BCUT2D eigenvalue weighted by atomic mass is 35.5. The van der Waals surface area contributed by atoms with Crippen LogP contribution in [0.5, 0.6) is 0 Å². The molecule has 2 saturated heterocycles. The van der Waals surface area contributed by atoms with Gasteiger partial charge in [-0.15, -0.1) is 12.4 Å². The Bertz CT molecular complexity index is 514. The first-order valence-corrected chi connectivity index (χ1v) is 8.23. The number of likely N-dealkylation sites (tertiary alicyclic amines) is 1. The zero-order valence-electron chi connectivity index (χ0n) is 13.5. The smallest absolute Gasteiger partial charge is 0.226 e. The van der Waals surface area contributed by atoms with Gasteiger partial charge in [0.05, 0.1) is 0 Å². The number of rotatable bonds is 2. The van der Waals surface area contributed by atoms with Crippen LogP contribution in [0.2, 0.25) is 0 Å². The number of halogens is 1. The normalized spacial score (nSPS) is 25.8. The fourth-order valence-electron chi connectivity index (χ4n) is 3.91. The summed E-state index contributed by atoms with van der Waals surface area (Å²) in [4.78, 5) is 14.9. The lowest BCUT2D eigenvalue weighted by Gasteiger charge is -2.29. The largest absolute Gasteiger partial charge is 0.339 e. The maximum Gasteiger partial charge on any atom is 0.226 e. The van der Waals surface area contributed by atoms with Crippen molar-refractivity contribution >= 4 is 18.3 Å². The molecule has 0 saturated carbocycles. The summed E-state index contributed by atoms with van der Waals surface area (Å²) < 4.78 is 0. The van der Waals surface area contributed by atoms with Crippen molar-refractivity contribution in [2.24, 2.45) is 5.92 Å². The Morgan fingerprint density at radius 2 is 1.91 bits per heavy atom. The topological polar surface area (TPSA) is 32.3 Å². The van der Waals surface area contributed by atoms with Crippen LogP contribution >= 0.6 is 12.4 Å². The molecular formula is C18H27ClN2O. The van der Waals surface area contributed by atoms with Crippen molar-refractivity contribution in [2.75, 3.05) is 19.6 Å². The van der Waals surface area contributed by atoms with Crippen molar-refractivity contribution in [1.82, 2.24) is 10.2 Å². The van der Waals surface area contributed by atoms with E-state index >= 15 is 0 Å². The van der Waals surface area contributed by atoms with Crippen LogP contribution in [0.3, 0.4) is 0 Å². The van der Waals surface area contributed by atoms with Crippen LogP contribution in [0.4, 0.5) is 0 Å². The Hall–Kier alpha value is -1.06. The van der Waals surface area contributed by atoms with E-state index in [1.54, 1.807) is 0 Å². The highest BCUT2D eigenvalue weighted by Gasteiger charge is 2.36. The summed E-state index contributed by atoms with van der Waals surface area (Å²) in [6.07, 6.45) is 3.09. The number of carbonyl (C=O) groups excluding carboxylic acids is 1. The number of hydrogen-bond donors (Lipinski definition) is 1. The molecule has 122 valence electrons. The minimum Gasteiger partial charge on any atom is -0.339 e. The summed E-state index contributed by atoms with van der Waals surface area (Å²) in [6.45, 7) is 7.25. The predicted molar refractivity (Wildman–Crippen MR) is 92.6 cm³/mol. The van der Waals surface area contributed by atoms with Gasteiger partial charge in [-0.2, -0.15) is 0 Å². The van der Waals surface area contributed by atoms with Crippen molar-refractivity contribution in [3.8, 4) is 0 Å². The maximum atomic E-state index is 12.8. The molecule has 2 heterocycles. The summed E-state index contributed by atoms with van der Waals surface area (Å²) in [5.41, 5.74) is 2.77. The molecule has 1 amide bonds. The minimum absolute atomic E-state index is 0. The molecule has 0 aromatic heterocycles. The van der Waals surface area contributed by atoms with Crippen molar-refractivity contribution < 1.29 is 4.79 Å². The second kappa shape index (κ2) is 7.47. The molecule has 0 spiro atoms. The van der Waals surface area contributed by atoms with Crippen molar-refractivity contribution in [2.45, 2.75) is 45.1 Å². The van der Waals surface area contributed by atoms with Gasteiger partial charge in [-0.1, -0.05) is 24.3 Å². The van der Waals surface area contributed by atoms with Crippen LogP contribution in [-0.2, 0) is 4.79 Å². The van der Waals surface area contributed by atoms with E-state index in [9.17, 15) is 4.79 Å². The SMILES string of the molecule is Cc1ccccc1C1CC(C)N(C(=O)C2CCNCC2)C1.Cl. The lowest BCUT2D eigenvalue weighted by molar-refractivity contribution is -0.136. The lowest BCUT2D eigenvalue weighted by atomic mass is 9.93. The highest BCUT2D eigenvalue weighted by molar-refractivity contribution is 5.85. The van der Waals surface area contributed by atoms with Crippen molar-refractivity contribution in [1.29, 1.82) is 0 Å². The molecule has 1 aromatic carbocycles. The number of aryl methyl sites for hydroxylation is 1. The molecule has 2 fully saturated rings. The summed E-state index contributed by atoms with van der Waals surface area (Å²) >= 11 is 0. The Morgan fingerprint density at radius 3 is 2.59 bits per heavy atom. The average molecular weight is 323 g/mol. The molecule has 3 rings (SSSR count). The number of hydrogen-bond acceptors (Lipinski definition) is 2. The fraction of sp³-hybridized carbons (Fsp3) is 0.611. The molecule has 1 N–H and O–H groups in total. The first-order chi connectivity index (χ1) is 10.2. The highest BCUT2D eigenvalue weighted by Crippen LogP contribution is 2.34. The third-order valence-electron chi connectivity index (χ3n) is 5.17. The van der Waals surface area contributed by atoms with Gasteiger partial charge in [-0.3, -0.25) is 4.79 Å². The number of benzene rings is 1. The number of piperidine rings is 1. The van der Waals surface area contributed by atoms with Gasteiger partial charge >= 0.3 is 0 Å². The van der Waals surface area contributed by atoms with Gasteiger partial charge in [0.1, 0.15) is 0 Å². The Labute approximate surface area is 139 Å². The van der Waals surface area contributed by atoms with E-state index in [2.05, 4.69) is 48.3 Å². The van der Waals surface area contributed by atoms with Gasteiger partial charge in [-0.25, -0.2) is 0 Å². The molecule has 1 aromatic rings. The quantitative estimate of drug-likeness (QED) is 0.907. The molecule has 4 heteroatoms. The summed E-state index contributed by atoms with van der Waals surface area (Å²) in [5.74, 6) is 1.14. The Balaban J connectivity index is 0.00000176. The van der Waals surface area contributed by atoms with Gasteiger partial charge < -0.3 is 10.2 Å². The van der Waals surface area contributed by atoms with Gasteiger partial charge in [0, 0.05) is 24.4 Å². The van der Waals surface area contributed by atoms with Gasteiger partial charge in [-0.05, 0) is 57.3 Å². The van der Waals surface area contributed by atoms with Crippen molar-refractivity contribution in [3.63, 3.8) is 0 Å². The zero-order chi connectivity index (χ0) is 14.8. The van der Waals surface area contributed by atoms with Crippen LogP contribution in [-0.4, -0.2) is 36.5 Å². The molecule has 0 radical (unpaired) electrons. The molecule has 2 aliphatic heterocycles. The molecule has 3 nitrogen and oxygen atoms in total. The lowest BCUT2D eigenvalue weighted by Crippen LogP contribution is -2.42. The maximum absolute atomic E-state index is 12.8. The number of amides is 1. The zero-order valence-corrected chi connectivity index (χ0v) is 14.4. The van der Waals surface area contributed by atoms with Crippen LogP contribution in [0.1, 0.15) is 43.2 Å². The predicted octanol–water partition coefficient (Wildman–Crippen LogP) is 3.12. The standard InChI is InChI=1S/C18H26N2O.ClH/c1-13-5-3-4-6-17(13)16-11-14(2)20(12-16)18(21)15-7-9-19-10-8-15;/h3-6,14-16,19H,7-12H2,1-2H3;1H. The van der Waals surface area contributed by atoms with Crippen molar-refractivity contribution in [3.05, 3.63) is 35.4 Å². The summed E-state index contributed by atoms with van der Waals surface area (Å²) in [5, 5.41) is 3.34. The Morgan fingerprint density at radius 1 is 1.23 bits per heavy atom. The third kappa shape index (κ3) is 3.47. The average Bonchev–Trinajstić information content (AvgIpc) is 2.89. The minimum atomic E-state index is 0. The van der Waals surface area contributed by atoms with Crippen LogP contribution in [0, 0.1) is 12.8 Å². The van der Waals surface area contributed by atoms with E-state index in [1.807, 2.05) is 0 Å². The molecule has 0 bridgehead atoms. The molecule has 22 heavy (non-hydrogen) atoms. The van der Waals surface area contributed by atoms with Crippen LogP contribution in [0.15, 0.2) is 24.3 Å². The van der Waals surface area contributed by atoms with Gasteiger partial charge in [0.25, 0.3) is 0 Å². The van der Waals surface area contributed by atoms with Crippen LogP contribution in [0.25, 0.3) is 0 Å². The van der Waals surface area contributed by atoms with E-state index in [4.69, 9.17) is 0 Å². The van der Waals surface area contributed by atoms with E-state index in [-0.39, 0.29) is 18.3 Å². The summed E-state index contributed by atoms with van der Waals surface area (Å²) in [6, 6.07) is 8.99. The summed E-state index contributed by atoms with van der Waals surface area (Å²) in [7, 11) is 0. The van der Waals surface area contributed by atoms with E-state index < -0.39 is 0 Å². The van der Waals surface area contributed by atoms with Gasteiger partial charge in [0.15, 0.2) is 0 Å². The molecule has 2 unspecified atom stereocenters. The third-order valence-corrected chi connectivity index (χ3v) is 5.17. The Kier molecular flexibility index (Phi) is 5.87. The fourth-order valence-corrected chi connectivity index (χ4v) is 3.91. The first kappa shape index (κ1) is 17.3. The van der Waals surface area contributed by atoms with E-state index in [1.165, 1.54) is 11.1 Å². The van der Waals surface area contributed by atoms with Gasteiger partial charge in [0.2, 0.25) is 5.91 Å². The number of carbonyl (C=O) groups is 1. The van der Waals surface area contributed by atoms with Crippen LogP contribution < -0.4 is 5.32 Å². The molecular weight excluding hydrogens is 296 g/mol. The van der Waals surface area contributed by atoms with E-state index in [0.717, 1.165) is 38.9 Å². The molecule has 2 atom stereocenters. The first-order valence-electron chi connectivity index (χ1n) is 8.23. The number of nitrogens with one attached hydrogen (secondary N) is 1. The second-order valence-corrected chi connectivity index (χ2v) is 6.65. The van der Waals surface area contributed by atoms with E-state index in [0.29, 0.717) is 17.9 Å². The monoisotopic (exact) mass is 322 g/mol. The second-order valence-electron chi connectivity index (χ2n) is 6.65. The molecule has 0 aliphatic carbocycles.